The van der Waals surface area contributed by atoms with Crippen molar-refractivity contribution in [3.8, 4) is 11.6 Å². The van der Waals surface area contributed by atoms with Crippen LogP contribution in [0.5, 0.6) is 11.6 Å². The molecule has 0 radical (unpaired) electrons. The van der Waals surface area contributed by atoms with Gasteiger partial charge in [0.2, 0.25) is 11.8 Å². The fraction of sp³-hybridized carbons (Fsp3) is 0.581. The summed E-state index contributed by atoms with van der Waals surface area (Å²) in [6, 6.07) is 4.63. The number of rotatable bonds is 8. The number of benzene rings is 1. The molecule has 2 fully saturated rings. The third-order valence-corrected chi connectivity index (χ3v) is 7.91. The van der Waals surface area contributed by atoms with Crippen LogP contribution in [0.4, 0.5) is 18.9 Å². The van der Waals surface area contributed by atoms with Crippen LogP contribution >= 0.6 is 0 Å². The number of carbonyl (C=O) groups excluding carboxylic acids is 1. The van der Waals surface area contributed by atoms with Crippen LogP contribution in [0.15, 0.2) is 30.5 Å². The number of amides is 1. The van der Waals surface area contributed by atoms with Crippen molar-refractivity contribution in [2.75, 3.05) is 18.0 Å². The Morgan fingerprint density at radius 1 is 1.10 bits per heavy atom. The topological polar surface area (TPSA) is 92.2 Å². The molecule has 0 spiro atoms. The van der Waals surface area contributed by atoms with Crippen LogP contribution in [0.3, 0.4) is 0 Å². The van der Waals surface area contributed by atoms with Crippen LogP contribution in [0.25, 0.3) is 0 Å². The Kier molecular flexibility index (Phi) is 9.82. The Hall–Kier alpha value is -3.18. The van der Waals surface area contributed by atoms with Crippen LogP contribution in [-0.2, 0) is 22.3 Å². The van der Waals surface area contributed by atoms with E-state index in [9.17, 15) is 27.9 Å². The van der Waals surface area contributed by atoms with E-state index in [0.29, 0.717) is 24.6 Å². The summed E-state index contributed by atoms with van der Waals surface area (Å²) in [5.41, 5.74) is -0.734. The number of ether oxygens (including phenoxy) is 2. The maximum atomic E-state index is 14.1. The number of pyridine rings is 1. The van der Waals surface area contributed by atoms with Gasteiger partial charge in [-0.2, -0.15) is 13.2 Å². The zero-order valence-electron chi connectivity index (χ0n) is 24.8. The number of hydrogen-bond acceptors (Lipinski definition) is 6. The molecular formula is C31H40F3N3O5. The quantitative estimate of drug-likeness (QED) is 0.362. The van der Waals surface area contributed by atoms with Crippen LogP contribution < -0.4 is 9.64 Å². The van der Waals surface area contributed by atoms with Gasteiger partial charge in [-0.1, -0.05) is 6.92 Å². The van der Waals surface area contributed by atoms with Gasteiger partial charge in [0.25, 0.3) is 0 Å². The molecule has 1 saturated carbocycles. The predicted octanol–water partition coefficient (Wildman–Crippen LogP) is 6.77. The van der Waals surface area contributed by atoms with Crippen molar-refractivity contribution in [2.45, 2.75) is 91.3 Å². The van der Waals surface area contributed by atoms with E-state index < -0.39 is 23.6 Å². The second-order valence-corrected chi connectivity index (χ2v) is 12.0. The van der Waals surface area contributed by atoms with E-state index in [1.54, 1.807) is 13.8 Å². The predicted molar refractivity (Wildman–Crippen MR) is 152 cm³/mol. The molecule has 1 amide bonds. The number of aromatic carboxylic acids is 1. The van der Waals surface area contributed by atoms with Gasteiger partial charge in [0.05, 0.1) is 23.5 Å². The van der Waals surface area contributed by atoms with E-state index in [4.69, 9.17) is 9.47 Å². The lowest BCUT2D eigenvalue weighted by Crippen LogP contribution is -2.44. The Labute approximate surface area is 244 Å². The van der Waals surface area contributed by atoms with Gasteiger partial charge in [-0.3, -0.25) is 9.69 Å². The number of morpholine rings is 1. The van der Waals surface area contributed by atoms with E-state index >= 15 is 0 Å². The highest BCUT2D eigenvalue weighted by Crippen LogP contribution is 2.39. The second-order valence-electron chi connectivity index (χ2n) is 12.0. The molecule has 2 aromatic rings. The summed E-state index contributed by atoms with van der Waals surface area (Å²) in [6.07, 6.45) is -0.157. The van der Waals surface area contributed by atoms with Crippen LogP contribution in [-0.4, -0.2) is 58.2 Å². The average Bonchev–Trinajstić information content (AvgIpc) is 2.89. The van der Waals surface area contributed by atoms with Gasteiger partial charge in [0.15, 0.2) is 0 Å². The van der Waals surface area contributed by atoms with Gasteiger partial charge in [0.1, 0.15) is 11.3 Å². The first-order chi connectivity index (χ1) is 19.7. The minimum Gasteiger partial charge on any atom is -0.478 e. The zero-order chi connectivity index (χ0) is 30.8. The molecule has 230 valence electrons. The molecule has 42 heavy (non-hydrogen) atoms. The normalized spacial score (nSPS) is 23.5. The van der Waals surface area contributed by atoms with Crippen molar-refractivity contribution >= 4 is 17.6 Å². The van der Waals surface area contributed by atoms with E-state index in [2.05, 4.69) is 11.9 Å². The van der Waals surface area contributed by atoms with E-state index in [0.717, 1.165) is 37.8 Å². The first-order valence-corrected chi connectivity index (χ1v) is 14.5. The Bertz CT molecular complexity index is 1270. The highest BCUT2D eigenvalue weighted by Gasteiger charge is 2.37. The lowest BCUT2D eigenvalue weighted by atomic mass is 9.82. The molecule has 8 nitrogen and oxygen atoms in total. The van der Waals surface area contributed by atoms with Gasteiger partial charge < -0.3 is 19.5 Å². The number of carboxylic acid groups (broad SMARTS) is 1. The average molecular weight is 592 g/mol. The number of anilines is 1. The van der Waals surface area contributed by atoms with Crippen LogP contribution in [0.1, 0.15) is 81.8 Å². The summed E-state index contributed by atoms with van der Waals surface area (Å²) in [5.74, 6) is -1.92. The molecule has 1 N–H and O–H groups in total. The fourth-order valence-electron chi connectivity index (χ4n) is 5.96. The Balaban J connectivity index is 1.61. The van der Waals surface area contributed by atoms with Crippen molar-refractivity contribution in [1.29, 1.82) is 0 Å². The third kappa shape index (κ3) is 7.60. The lowest BCUT2D eigenvalue weighted by Gasteiger charge is -2.35. The number of halogens is 3. The minimum absolute atomic E-state index is 0.0360. The molecule has 2 heterocycles. The minimum atomic E-state index is -4.75. The van der Waals surface area contributed by atoms with Gasteiger partial charge in [0, 0.05) is 37.8 Å². The van der Waals surface area contributed by atoms with Crippen molar-refractivity contribution < 1.29 is 37.3 Å². The largest absolute Gasteiger partial charge is 0.478 e. The van der Waals surface area contributed by atoms with Crippen molar-refractivity contribution in [2.24, 2.45) is 11.8 Å². The highest BCUT2D eigenvalue weighted by molar-refractivity contribution is 6.03. The molecular weight excluding hydrogens is 551 g/mol. The van der Waals surface area contributed by atoms with E-state index in [1.165, 1.54) is 23.2 Å². The molecule has 11 heteroatoms. The summed E-state index contributed by atoms with van der Waals surface area (Å²) in [4.78, 5) is 33.3. The first-order valence-electron chi connectivity index (χ1n) is 14.5. The lowest BCUT2D eigenvalue weighted by molar-refractivity contribution is -0.139. The van der Waals surface area contributed by atoms with Gasteiger partial charge >= 0.3 is 12.1 Å². The third-order valence-electron chi connectivity index (χ3n) is 7.91. The molecule has 0 bridgehead atoms. The molecule has 1 aromatic heterocycles. The fourth-order valence-corrected chi connectivity index (χ4v) is 5.96. The van der Waals surface area contributed by atoms with Gasteiger partial charge in [-0.25, -0.2) is 9.78 Å². The molecule has 4 rings (SSSR count). The summed E-state index contributed by atoms with van der Waals surface area (Å²) in [5, 5.41) is 10.0. The molecule has 2 aliphatic rings. The van der Waals surface area contributed by atoms with Crippen LogP contribution in [0.2, 0.25) is 0 Å². The number of nitrogens with zero attached hydrogens (tertiary/aromatic N) is 3. The molecule has 1 aromatic carbocycles. The number of carbonyl (C=O) groups is 2. The maximum absolute atomic E-state index is 14.1. The van der Waals surface area contributed by atoms with Crippen molar-refractivity contribution in [1.82, 2.24) is 9.88 Å². The Morgan fingerprint density at radius 3 is 2.31 bits per heavy atom. The van der Waals surface area contributed by atoms with Crippen LogP contribution in [0, 0.1) is 11.8 Å². The Morgan fingerprint density at radius 2 is 1.74 bits per heavy atom. The molecule has 1 aliphatic carbocycles. The van der Waals surface area contributed by atoms with Gasteiger partial charge in [-0.15, -0.1) is 0 Å². The number of hydrogen-bond donors (Lipinski definition) is 1. The standard InChI is InChI=1S/C31H40F3N3O5/c1-18(2)37(29(38)23-8-6-19(3)7-9-23)27-11-10-24(13-25(27)30(39)40)42-28-26(31(32,33)34)12-22(14-35-28)17-36-15-20(4)41-21(5)16-36/h10-14,18-21,23H,6-9,15-17H2,1-5H3,(H,39,40). The first kappa shape index (κ1) is 31.7. The van der Waals surface area contributed by atoms with Crippen molar-refractivity contribution in [3.63, 3.8) is 0 Å². The number of carboxylic acids is 1. The zero-order valence-corrected chi connectivity index (χ0v) is 24.8. The second kappa shape index (κ2) is 13.0. The number of alkyl halides is 3. The maximum Gasteiger partial charge on any atom is 0.421 e. The van der Waals surface area contributed by atoms with E-state index in [1.807, 2.05) is 18.7 Å². The van der Waals surface area contributed by atoms with Crippen molar-refractivity contribution in [3.05, 3.63) is 47.2 Å². The molecule has 2 unspecified atom stereocenters. The number of aromatic nitrogens is 1. The summed E-state index contributed by atoms with van der Waals surface area (Å²) < 4.78 is 53.6. The smallest absolute Gasteiger partial charge is 0.421 e. The highest BCUT2D eigenvalue weighted by atomic mass is 19.4. The molecule has 1 aliphatic heterocycles. The summed E-state index contributed by atoms with van der Waals surface area (Å²) in [6.45, 7) is 11.0. The SMILES string of the molecule is CC1CCC(C(=O)N(c2ccc(Oc3ncc(CN4CC(C)OC(C)C4)cc3C(F)(F)F)cc2C(=O)O)C(C)C)CC1. The summed E-state index contributed by atoms with van der Waals surface area (Å²) >= 11 is 0. The van der Waals surface area contributed by atoms with E-state index in [-0.39, 0.29) is 53.6 Å². The van der Waals surface area contributed by atoms with Gasteiger partial charge in [-0.05, 0) is 89.1 Å². The molecule has 2 atom stereocenters. The summed E-state index contributed by atoms with van der Waals surface area (Å²) in [7, 11) is 0. The molecule has 1 saturated heterocycles. The monoisotopic (exact) mass is 591 g/mol.